The van der Waals surface area contributed by atoms with Crippen molar-refractivity contribution in [3.8, 4) is 11.5 Å². The maximum absolute atomic E-state index is 13.1. The smallest absolute Gasteiger partial charge is 0.125 e. The Labute approximate surface area is 120 Å². The first-order valence-electron chi connectivity index (χ1n) is 5.83. The summed E-state index contributed by atoms with van der Waals surface area (Å²) in [4.78, 5) is 0. The molecular formula is C15H14BrFO2. The monoisotopic (exact) mass is 324 g/mol. The SMILES string of the molecule is COc1ccccc1COc1ccc(F)cc1CBr. The lowest BCUT2D eigenvalue weighted by Crippen LogP contribution is -2.00. The lowest BCUT2D eigenvalue weighted by molar-refractivity contribution is 0.294. The molecule has 2 nitrogen and oxygen atoms in total. The van der Waals surface area contributed by atoms with Crippen molar-refractivity contribution in [3.05, 3.63) is 59.4 Å². The number of alkyl halides is 1. The van der Waals surface area contributed by atoms with E-state index in [0.717, 1.165) is 16.9 Å². The van der Waals surface area contributed by atoms with Gasteiger partial charge >= 0.3 is 0 Å². The summed E-state index contributed by atoms with van der Waals surface area (Å²) in [7, 11) is 1.63. The van der Waals surface area contributed by atoms with Crippen LogP contribution >= 0.6 is 15.9 Å². The van der Waals surface area contributed by atoms with Gasteiger partial charge in [0.1, 0.15) is 23.9 Å². The second kappa shape index (κ2) is 6.57. The van der Waals surface area contributed by atoms with E-state index in [1.807, 2.05) is 24.3 Å². The van der Waals surface area contributed by atoms with Gasteiger partial charge in [0.15, 0.2) is 0 Å². The van der Waals surface area contributed by atoms with E-state index in [9.17, 15) is 4.39 Å². The summed E-state index contributed by atoms with van der Waals surface area (Å²) in [6.45, 7) is 0.385. The topological polar surface area (TPSA) is 18.5 Å². The number of benzene rings is 2. The third-order valence-corrected chi connectivity index (χ3v) is 3.35. The molecule has 0 bridgehead atoms. The Morgan fingerprint density at radius 2 is 1.84 bits per heavy atom. The summed E-state index contributed by atoms with van der Waals surface area (Å²) < 4.78 is 24.1. The summed E-state index contributed by atoms with van der Waals surface area (Å²) in [6.07, 6.45) is 0. The minimum atomic E-state index is -0.265. The van der Waals surface area contributed by atoms with Crippen LogP contribution in [0.4, 0.5) is 4.39 Å². The second-order valence-corrected chi connectivity index (χ2v) is 4.55. The van der Waals surface area contributed by atoms with Crippen molar-refractivity contribution in [2.75, 3.05) is 7.11 Å². The molecule has 4 heteroatoms. The standard InChI is InChI=1S/C15H14BrFO2/c1-18-14-5-3-2-4-11(14)10-19-15-7-6-13(17)8-12(15)9-16/h2-8H,9-10H2,1H3. The largest absolute Gasteiger partial charge is 0.496 e. The van der Waals surface area contributed by atoms with E-state index in [1.165, 1.54) is 12.1 Å². The van der Waals surface area contributed by atoms with Crippen LogP contribution in [0.25, 0.3) is 0 Å². The molecular weight excluding hydrogens is 311 g/mol. The first-order chi connectivity index (χ1) is 9.24. The van der Waals surface area contributed by atoms with Crippen molar-refractivity contribution in [2.24, 2.45) is 0 Å². The average molecular weight is 325 g/mol. The van der Waals surface area contributed by atoms with E-state index in [0.29, 0.717) is 17.7 Å². The van der Waals surface area contributed by atoms with Gasteiger partial charge in [0.05, 0.1) is 7.11 Å². The highest BCUT2D eigenvalue weighted by Gasteiger charge is 2.07. The first-order valence-corrected chi connectivity index (χ1v) is 6.96. The van der Waals surface area contributed by atoms with E-state index in [4.69, 9.17) is 9.47 Å². The summed E-state index contributed by atoms with van der Waals surface area (Å²) in [5.74, 6) is 1.19. The molecule has 0 aromatic heterocycles. The Hall–Kier alpha value is -1.55. The van der Waals surface area contributed by atoms with Crippen LogP contribution in [0.1, 0.15) is 11.1 Å². The quantitative estimate of drug-likeness (QED) is 0.763. The number of rotatable bonds is 5. The van der Waals surface area contributed by atoms with Gasteiger partial charge in [-0.15, -0.1) is 0 Å². The van der Waals surface area contributed by atoms with E-state index in [-0.39, 0.29) is 5.82 Å². The third kappa shape index (κ3) is 3.47. The molecule has 0 saturated heterocycles. The van der Waals surface area contributed by atoms with Crippen molar-refractivity contribution < 1.29 is 13.9 Å². The van der Waals surface area contributed by atoms with Crippen LogP contribution < -0.4 is 9.47 Å². The fraction of sp³-hybridized carbons (Fsp3) is 0.200. The predicted octanol–water partition coefficient (Wildman–Crippen LogP) is 4.31. The van der Waals surface area contributed by atoms with Crippen molar-refractivity contribution in [3.63, 3.8) is 0 Å². The van der Waals surface area contributed by atoms with Crippen LogP contribution in [0.5, 0.6) is 11.5 Å². The van der Waals surface area contributed by atoms with Gasteiger partial charge in [-0.1, -0.05) is 34.1 Å². The number of hydrogen-bond donors (Lipinski definition) is 0. The van der Waals surface area contributed by atoms with Gasteiger partial charge < -0.3 is 9.47 Å². The molecule has 0 N–H and O–H groups in total. The molecule has 0 amide bonds. The molecule has 0 saturated carbocycles. The van der Waals surface area contributed by atoms with Crippen molar-refractivity contribution >= 4 is 15.9 Å². The lowest BCUT2D eigenvalue weighted by atomic mass is 10.2. The number of hydrogen-bond acceptors (Lipinski definition) is 2. The highest BCUT2D eigenvalue weighted by atomic mass is 79.9. The molecule has 100 valence electrons. The van der Waals surface area contributed by atoms with Gasteiger partial charge in [-0.3, -0.25) is 0 Å². The van der Waals surface area contributed by atoms with Crippen LogP contribution in [-0.4, -0.2) is 7.11 Å². The van der Waals surface area contributed by atoms with Gasteiger partial charge in [0.2, 0.25) is 0 Å². The zero-order chi connectivity index (χ0) is 13.7. The van der Waals surface area contributed by atoms with Crippen LogP contribution in [-0.2, 0) is 11.9 Å². The highest BCUT2D eigenvalue weighted by molar-refractivity contribution is 9.08. The van der Waals surface area contributed by atoms with Crippen LogP contribution in [0.15, 0.2) is 42.5 Å². The van der Waals surface area contributed by atoms with Crippen LogP contribution in [0.2, 0.25) is 0 Å². The molecule has 0 atom stereocenters. The summed E-state index contributed by atoms with van der Waals surface area (Å²) >= 11 is 3.33. The van der Waals surface area contributed by atoms with Crippen molar-refractivity contribution in [1.82, 2.24) is 0 Å². The van der Waals surface area contributed by atoms with Gasteiger partial charge in [-0.25, -0.2) is 4.39 Å². The predicted molar refractivity (Wildman–Crippen MR) is 76.4 cm³/mol. The molecule has 0 radical (unpaired) electrons. The number of methoxy groups -OCH3 is 1. The number of para-hydroxylation sites is 1. The molecule has 0 spiro atoms. The van der Waals surface area contributed by atoms with Gasteiger partial charge in [0, 0.05) is 16.5 Å². The molecule has 19 heavy (non-hydrogen) atoms. The van der Waals surface area contributed by atoms with Gasteiger partial charge in [0.25, 0.3) is 0 Å². The maximum Gasteiger partial charge on any atom is 0.125 e. The van der Waals surface area contributed by atoms with Crippen molar-refractivity contribution in [1.29, 1.82) is 0 Å². The zero-order valence-electron chi connectivity index (χ0n) is 10.5. The Kier molecular flexibility index (Phi) is 4.80. The van der Waals surface area contributed by atoms with E-state index < -0.39 is 0 Å². The average Bonchev–Trinajstić information content (AvgIpc) is 2.46. The first kappa shape index (κ1) is 13.9. The lowest BCUT2D eigenvalue weighted by Gasteiger charge is -2.12. The van der Waals surface area contributed by atoms with Crippen LogP contribution in [0.3, 0.4) is 0 Å². The Balaban J connectivity index is 2.14. The zero-order valence-corrected chi connectivity index (χ0v) is 12.1. The van der Waals surface area contributed by atoms with E-state index in [2.05, 4.69) is 15.9 Å². The third-order valence-electron chi connectivity index (χ3n) is 2.74. The van der Waals surface area contributed by atoms with E-state index in [1.54, 1.807) is 13.2 Å². The molecule has 2 aromatic rings. The minimum absolute atomic E-state index is 0.265. The molecule has 0 heterocycles. The Morgan fingerprint density at radius 1 is 1.05 bits per heavy atom. The molecule has 0 aliphatic heterocycles. The Morgan fingerprint density at radius 3 is 2.58 bits per heavy atom. The molecule has 2 rings (SSSR count). The van der Waals surface area contributed by atoms with Crippen LogP contribution in [0, 0.1) is 5.82 Å². The Bertz CT molecular complexity index is 558. The molecule has 0 fully saturated rings. The fourth-order valence-corrected chi connectivity index (χ4v) is 2.21. The maximum atomic E-state index is 13.1. The van der Waals surface area contributed by atoms with E-state index >= 15 is 0 Å². The van der Waals surface area contributed by atoms with Gasteiger partial charge in [-0.2, -0.15) is 0 Å². The van der Waals surface area contributed by atoms with Gasteiger partial charge in [-0.05, 0) is 24.3 Å². The second-order valence-electron chi connectivity index (χ2n) is 3.99. The molecule has 2 aromatic carbocycles. The normalized spacial score (nSPS) is 10.3. The van der Waals surface area contributed by atoms with Crippen molar-refractivity contribution in [2.45, 2.75) is 11.9 Å². The molecule has 0 aliphatic rings. The number of ether oxygens (including phenoxy) is 2. The summed E-state index contributed by atoms with van der Waals surface area (Å²) in [5, 5.41) is 0.548. The fourth-order valence-electron chi connectivity index (χ4n) is 1.77. The minimum Gasteiger partial charge on any atom is -0.496 e. The summed E-state index contributed by atoms with van der Waals surface area (Å²) in [5.41, 5.74) is 1.74. The molecule has 0 unspecified atom stereocenters. The number of halogens is 2. The molecule has 0 aliphatic carbocycles. The summed E-state index contributed by atoms with van der Waals surface area (Å²) in [6, 6.07) is 12.2. The highest BCUT2D eigenvalue weighted by Crippen LogP contribution is 2.25.